The van der Waals surface area contributed by atoms with Crippen LogP contribution in [0.15, 0.2) is 12.2 Å². The molecule has 0 aliphatic rings. The molecule has 68 valence electrons. The fourth-order valence-corrected chi connectivity index (χ4v) is 0.505. The quantitative estimate of drug-likeness (QED) is 0.488. The van der Waals surface area contributed by atoms with Crippen LogP contribution in [0.5, 0.6) is 0 Å². The number of hydrogen-bond donors (Lipinski definition) is 1. The Kier molecular flexibility index (Phi) is 4.52. The van der Waals surface area contributed by atoms with Gasteiger partial charge in [-0.25, -0.2) is 9.59 Å². The van der Waals surface area contributed by atoms with Crippen molar-refractivity contribution in [1.29, 1.82) is 0 Å². The van der Waals surface area contributed by atoms with Gasteiger partial charge in [0.2, 0.25) is 0 Å². The maximum atomic E-state index is 10.5. The number of carbonyl (C=O) groups excluding carboxylic acids is 2. The van der Waals surface area contributed by atoms with Crippen LogP contribution in [0.25, 0.3) is 0 Å². The Morgan fingerprint density at radius 1 is 1.50 bits per heavy atom. The molecule has 0 saturated heterocycles. The standard InChI is InChI=1S/C7H11NO4/c1-5(12-7(8)10)3-4-6(9)11-2/h3-5H,1-2H3,(H2,8,10)/b4-3+. The number of hydrogen-bond acceptors (Lipinski definition) is 4. The molecule has 1 amide bonds. The number of ether oxygens (including phenoxy) is 2. The number of primary amides is 1. The lowest BCUT2D eigenvalue weighted by molar-refractivity contribution is -0.134. The van der Waals surface area contributed by atoms with Gasteiger partial charge in [-0.15, -0.1) is 0 Å². The second kappa shape index (κ2) is 5.17. The summed E-state index contributed by atoms with van der Waals surface area (Å²) in [5, 5.41) is 0. The van der Waals surface area contributed by atoms with Gasteiger partial charge < -0.3 is 15.2 Å². The van der Waals surface area contributed by atoms with Crippen LogP contribution in [-0.2, 0) is 14.3 Å². The van der Waals surface area contributed by atoms with E-state index >= 15 is 0 Å². The third kappa shape index (κ3) is 5.28. The first kappa shape index (κ1) is 10.5. The summed E-state index contributed by atoms with van der Waals surface area (Å²) in [5.41, 5.74) is 4.72. The van der Waals surface area contributed by atoms with Crippen molar-refractivity contribution in [3.8, 4) is 0 Å². The third-order valence-electron chi connectivity index (χ3n) is 1.01. The van der Waals surface area contributed by atoms with E-state index in [0.29, 0.717) is 0 Å². The van der Waals surface area contributed by atoms with Gasteiger partial charge in [-0.1, -0.05) is 0 Å². The zero-order chi connectivity index (χ0) is 9.56. The largest absolute Gasteiger partial charge is 0.466 e. The summed E-state index contributed by atoms with van der Waals surface area (Å²) in [7, 11) is 1.26. The van der Waals surface area contributed by atoms with Gasteiger partial charge in [0.1, 0.15) is 6.10 Å². The first-order valence-electron chi connectivity index (χ1n) is 3.28. The van der Waals surface area contributed by atoms with Crippen LogP contribution in [-0.4, -0.2) is 25.3 Å². The number of nitrogens with two attached hydrogens (primary N) is 1. The summed E-state index contributed by atoms with van der Waals surface area (Å²) in [6, 6.07) is 0. The van der Waals surface area contributed by atoms with Crippen molar-refractivity contribution >= 4 is 12.1 Å². The van der Waals surface area contributed by atoms with Gasteiger partial charge in [-0.2, -0.15) is 0 Å². The molecule has 0 heterocycles. The predicted molar refractivity (Wildman–Crippen MR) is 41.3 cm³/mol. The fraction of sp³-hybridized carbons (Fsp3) is 0.429. The average molecular weight is 173 g/mol. The minimum Gasteiger partial charge on any atom is -0.466 e. The molecule has 0 saturated carbocycles. The molecule has 0 aliphatic heterocycles. The molecule has 0 radical (unpaired) electrons. The van der Waals surface area contributed by atoms with E-state index in [4.69, 9.17) is 5.73 Å². The Bertz CT molecular complexity index is 200. The van der Waals surface area contributed by atoms with Gasteiger partial charge in [-0.3, -0.25) is 0 Å². The fourth-order valence-electron chi connectivity index (χ4n) is 0.505. The Labute approximate surface area is 70.1 Å². The molecule has 5 nitrogen and oxygen atoms in total. The van der Waals surface area contributed by atoms with Crippen LogP contribution < -0.4 is 5.73 Å². The van der Waals surface area contributed by atoms with E-state index in [1.807, 2.05) is 0 Å². The molecule has 0 aliphatic carbocycles. The summed E-state index contributed by atoms with van der Waals surface area (Å²) >= 11 is 0. The Morgan fingerprint density at radius 2 is 2.08 bits per heavy atom. The molecule has 2 N–H and O–H groups in total. The van der Waals surface area contributed by atoms with Gasteiger partial charge in [0.15, 0.2) is 0 Å². The minimum atomic E-state index is -0.878. The molecule has 5 heteroatoms. The number of carbonyl (C=O) groups is 2. The molecular weight excluding hydrogens is 162 g/mol. The van der Waals surface area contributed by atoms with E-state index < -0.39 is 18.2 Å². The van der Waals surface area contributed by atoms with Crippen molar-refractivity contribution < 1.29 is 19.1 Å². The lowest BCUT2D eigenvalue weighted by Gasteiger charge is -2.04. The Hall–Kier alpha value is -1.52. The van der Waals surface area contributed by atoms with Crippen LogP contribution in [0.2, 0.25) is 0 Å². The summed E-state index contributed by atoms with van der Waals surface area (Å²) in [6.07, 6.45) is 1.13. The molecule has 0 bridgehead atoms. The summed E-state index contributed by atoms with van der Waals surface area (Å²) < 4.78 is 8.80. The SMILES string of the molecule is COC(=O)/C=C/C(C)OC(N)=O. The lowest BCUT2D eigenvalue weighted by Crippen LogP contribution is -2.18. The van der Waals surface area contributed by atoms with Crippen molar-refractivity contribution in [2.45, 2.75) is 13.0 Å². The number of methoxy groups -OCH3 is 1. The smallest absolute Gasteiger partial charge is 0.405 e. The van der Waals surface area contributed by atoms with Gasteiger partial charge in [0.05, 0.1) is 7.11 Å². The maximum absolute atomic E-state index is 10.5. The van der Waals surface area contributed by atoms with Crippen LogP contribution in [0.1, 0.15) is 6.92 Å². The van der Waals surface area contributed by atoms with Crippen LogP contribution in [0.3, 0.4) is 0 Å². The molecule has 12 heavy (non-hydrogen) atoms. The predicted octanol–water partition coefficient (Wildman–Crippen LogP) is 0.199. The molecule has 0 rings (SSSR count). The molecule has 1 atom stereocenters. The Balaban J connectivity index is 3.82. The van der Waals surface area contributed by atoms with Crippen molar-refractivity contribution in [3.63, 3.8) is 0 Å². The first-order valence-corrected chi connectivity index (χ1v) is 3.28. The van der Waals surface area contributed by atoms with E-state index in [2.05, 4.69) is 9.47 Å². The molecule has 0 spiro atoms. The van der Waals surface area contributed by atoms with E-state index in [1.54, 1.807) is 6.92 Å². The molecule has 0 aromatic carbocycles. The van der Waals surface area contributed by atoms with Gasteiger partial charge in [-0.05, 0) is 13.0 Å². The Morgan fingerprint density at radius 3 is 2.50 bits per heavy atom. The van der Waals surface area contributed by atoms with E-state index in [9.17, 15) is 9.59 Å². The zero-order valence-corrected chi connectivity index (χ0v) is 6.94. The van der Waals surface area contributed by atoms with E-state index in [1.165, 1.54) is 13.2 Å². The second-order valence-electron chi connectivity index (χ2n) is 2.02. The maximum Gasteiger partial charge on any atom is 0.405 e. The van der Waals surface area contributed by atoms with E-state index in [0.717, 1.165) is 6.08 Å². The molecule has 1 unspecified atom stereocenters. The second-order valence-corrected chi connectivity index (χ2v) is 2.02. The summed E-state index contributed by atoms with van der Waals surface area (Å²) in [4.78, 5) is 20.7. The molecule has 0 aromatic heterocycles. The van der Waals surface area contributed by atoms with Crippen LogP contribution in [0, 0.1) is 0 Å². The summed E-state index contributed by atoms with van der Waals surface area (Å²) in [5.74, 6) is -0.505. The van der Waals surface area contributed by atoms with Gasteiger partial charge >= 0.3 is 12.1 Å². The van der Waals surface area contributed by atoms with Gasteiger partial charge in [0, 0.05) is 6.08 Å². The zero-order valence-electron chi connectivity index (χ0n) is 6.94. The molecule has 0 fully saturated rings. The highest BCUT2D eigenvalue weighted by atomic mass is 16.6. The topological polar surface area (TPSA) is 78.6 Å². The highest BCUT2D eigenvalue weighted by molar-refractivity contribution is 5.81. The van der Waals surface area contributed by atoms with Crippen LogP contribution in [0.4, 0.5) is 4.79 Å². The monoisotopic (exact) mass is 173 g/mol. The van der Waals surface area contributed by atoms with Crippen LogP contribution >= 0.6 is 0 Å². The number of esters is 1. The normalized spacial score (nSPS) is 12.5. The average Bonchev–Trinajstić information content (AvgIpc) is 1.99. The van der Waals surface area contributed by atoms with Crippen molar-refractivity contribution in [1.82, 2.24) is 0 Å². The minimum absolute atomic E-state index is 0.505. The highest BCUT2D eigenvalue weighted by Crippen LogP contribution is 1.92. The summed E-state index contributed by atoms with van der Waals surface area (Å²) in [6.45, 7) is 1.57. The number of rotatable bonds is 3. The molecular formula is C7H11NO4. The van der Waals surface area contributed by atoms with E-state index in [-0.39, 0.29) is 0 Å². The highest BCUT2D eigenvalue weighted by Gasteiger charge is 2.01. The number of amides is 1. The lowest BCUT2D eigenvalue weighted by atomic mass is 10.3. The van der Waals surface area contributed by atoms with Crippen molar-refractivity contribution in [2.75, 3.05) is 7.11 Å². The van der Waals surface area contributed by atoms with Crippen molar-refractivity contribution in [3.05, 3.63) is 12.2 Å². The first-order chi connectivity index (χ1) is 5.56. The molecule has 0 aromatic rings. The van der Waals surface area contributed by atoms with Gasteiger partial charge in [0.25, 0.3) is 0 Å². The van der Waals surface area contributed by atoms with Crippen molar-refractivity contribution in [2.24, 2.45) is 5.73 Å². The third-order valence-corrected chi connectivity index (χ3v) is 1.01.